The van der Waals surface area contributed by atoms with Gasteiger partial charge in [0.05, 0.1) is 18.4 Å². The second-order valence-corrected chi connectivity index (χ2v) is 4.66. The molecule has 0 spiro atoms. The van der Waals surface area contributed by atoms with Crippen molar-refractivity contribution in [3.8, 4) is 0 Å². The van der Waals surface area contributed by atoms with E-state index in [0.29, 0.717) is 6.42 Å². The zero-order valence-electron chi connectivity index (χ0n) is 11.2. The van der Waals surface area contributed by atoms with Gasteiger partial charge in [-0.05, 0) is 6.42 Å². The lowest BCUT2D eigenvalue weighted by Gasteiger charge is -2.18. The van der Waals surface area contributed by atoms with Crippen LogP contribution >= 0.6 is 0 Å². The molecule has 1 aromatic rings. The number of ether oxygens (including phenoxy) is 1. The highest BCUT2D eigenvalue weighted by atomic mass is 19.4. The van der Waals surface area contributed by atoms with Gasteiger partial charge in [-0.15, -0.1) is 0 Å². The van der Waals surface area contributed by atoms with Crippen LogP contribution in [0.3, 0.4) is 0 Å². The number of nitrogens with one attached hydrogen (secondary N) is 2. The highest BCUT2D eigenvalue weighted by Gasteiger charge is 2.51. The Morgan fingerprint density at radius 1 is 1.62 bits per heavy atom. The van der Waals surface area contributed by atoms with Crippen LogP contribution in [0.2, 0.25) is 0 Å². The van der Waals surface area contributed by atoms with Crippen LogP contribution in [-0.4, -0.2) is 29.6 Å². The fraction of sp³-hybridized carbons (Fsp3) is 0.583. The number of nitrogens with zero attached hydrogens (tertiary/aromatic N) is 1. The van der Waals surface area contributed by atoms with Crippen LogP contribution in [0.15, 0.2) is 10.7 Å². The monoisotopic (exact) mass is 305 g/mol. The molecule has 9 heteroatoms. The van der Waals surface area contributed by atoms with Crippen molar-refractivity contribution in [3.63, 3.8) is 0 Å². The normalized spacial score (nSPS) is 22.2. The first-order valence-electron chi connectivity index (χ1n) is 6.36. The first-order valence-corrected chi connectivity index (χ1v) is 6.36. The number of oxazole rings is 1. The summed E-state index contributed by atoms with van der Waals surface area (Å²) in [6.07, 6.45) is -3.37. The third-order valence-electron chi connectivity index (χ3n) is 3.01. The molecule has 0 amide bonds. The number of hydrogen-bond acceptors (Lipinski definition) is 5. The summed E-state index contributed by atoms with van der Waals surface area (Å²) in [5.74, 6) is -3.06. The molecular formula is C12H14F3N3O3. The van der Waals surface area contributed by atoms with Crippen molar-refractivity contribution in [1.82, 2.24) is 10.3 Å². The first kappa shape index (κ1) is 15.3. The molecule has 1 aliphatic rings. The Morgan fingerprint density at radius 2 is 2.33 bits per heavy atom. The molecule has 2 unspecified atom stereocenters. The van der Waals surface area contributed by atoms with E-state index in [-0.39, 0.29) is 24.0 Å². The van der Waals surface area contributed by atoms with Crippen LogP contribution in [0, 0.1) is 11.3 Å². The first-order chi connectivity index (χ1) is 9.82. The molecule has 2 heterocycles. The molecule has 116 valence electrons. The van der Waals surface area contributed by atoms with Crippen molar-refractivity contribution in [2.24, 2.45) is 5.92 Å². The average Bonchev–Trinajstić information content (AvgIpc) is 3.01. The Balaban J connectivity index is 2.16. The second-order valence-electron chi connectivity index (χ2n) is 4.66. The topological polar surface area (TPSA) is 88.2 Å². The molecule has 21 heavy (non-hydrogen) atoms. The van der Waals surface area contributed by atoms with Crippen molar-refractivity contribution >= 4 is 11.8 Å². The number of carbonyl (C=O) groups excluding carboxylic acids is 1. The summed E-state index contributed by atoms with van der Waals surface area (Å²) < 4.78 is 48.5. The SMILES string of the molecule is CCCOC(=O)c1coc(C2NC(=N)CC2C(F)(F)F)n1. The fourth-order valence-corrected chi connectivity index (χ4v) is 2.02. The second kappa shape index (κ2) is 5.74. The number of alkyl halides is 3. The molecule has 2 N–H and O–H groups in total. The molecule has 1 aromatic heterocycles. The molecule has 0 aliphatic carbocycles. The van der Waals surface area contributed by atoms with E-state index in [1.165, 1.54) is 0 Å². The van der Waals surface area contributed by atoms with Gasteiger partial charge >= 0.3 is 12.1 Å². The van der Waals surface area contributed by atoms with Crippen molar-refractivity contribution in [2.45, 2.75) is 32.0 Å². The molecular weight excluding hydrogens is 291 g/mol. The minimum Gasteiger partial charge on any atom is -0.461 e. The van der Waals surface area contributed by atoms with E-state index >= 15 is 0 Å². The van der Waals surface area contributed by atoms with Crippen LogP contribution in [0.25, 0.3) is 0 Å². The van der Waals surface area contributed by atoms with E-state index < -0.39 is 30.5 Å². The minimum absolute atomic E-state index is 0.181. The molecule has 0 bridgehead atoms. The quantitative estimate of drug-likeness (QED) is 0.834. The van der Waals surface area contributed by atoms with Crippen LogP contribution < -0.4 is 5.32 Å². The Morgan fingerprint density at radius 3 is 2.95 bits per heavy atom. The smallest absolute Gasteiger partial charge is 0.394 e. The highest BCUT2D eigenvalue weighted by Crippen LogP contribution is 2.41. The maximum absolute atomic E-state index is 12.9. The molecule has 0 radical (unpaired) electrons. The summed E-state index contributed by atoms with van der Waals surface area (Å²) in [6, 6.07) is -1.30. The Bertz CT molecular complexity index is 541. The summed E-state index contributed by atoms with van der Waals surface area (Å²) in [5.41, 5.74) is -0.181. The number of halogens is 3. The van der Waals surface area contributed by atoms with Crippen LogP contribution in [0.1, 0.15) is 42.2 Å². The van der Waals surface area contributed by atoms with E-state index in [4.69, 9.17) is 14.6 Å². The van der Waals surface area contributed by atoms with Gasteiger partial charge < -0.3 is 14.5 Å². The van der Waals surface area contributed by atoms with E-state index in [9.17, 15) is 18.0 Å². The van der Waals surface area contributed by atoms with Gasteiger partial charge in [0.15, 0.2) is 5.69 Å². The molecule has 1 saturated heterocycles. The predicted molar refractivity (Wildman–Crippen MR) is 64.8 cm³/mol. The van der Waals surface area contributed by atoms with Crippen molar-refractivity contribution < 1.29 is 27.1 Å². The summed E-state index contributed by atoms with van der Waals surface area (Å²) in [7, 11) is 0. The number of esters is 1. The zero-order chi connectivity index (χ0) is 15.6. The van der Waals surface area contributed by atoms with E-state index in [2.05, 4.69) is 10.3 Å². The maximum Gasteiger partial charge on any atom is 0.394 e. The summed E-state index contributed by atoms with van der Waals surface area (Å²) in [6.45, 7) is 2.00. The van der Waals surface area contributed by atoms with Crippen molar-refractivity contribution in [1.29, 1.82) is 5.41 Å². The van der Waals surface area contributed by atoms with Gasteiger partial charge in [-0.3, -0.25) is 5.41 Å². The number of carbonyl (C=O) groups is 1. The lowest BCUT2D eigenvalue weighted by atomic mass is 10.00. The molecule has 6 nitrogen and oxygen atoms in total. The zero-order valence-corrected chi connectivity index (χ0v) is 11.2. The van der Waals surface area contributed by atoms with Crippen LogP contribution in [0.5, 0.6) is 0 Å². The van der Waals surface area contributed by atoms with Gasteiger partial charge in [0.2, 0.25) is 5.89 Å². The lowest BCUT2D eigenvalue weighted by Crippen LogP contribution is -2.29. The van der Waals surface area contributed by atoms with E-state index in [1.54, 1.807) is 0 Å². The summed E-state index contributed by atoms with van der Waals surface area (Å²) in [4.78, 5) is 15.3. The van der Waals surface area contributed by atoms with Gasteiger partial charge in [-0.25, -0.2) is 9.78 Å². The molecule has 2 atom stereocenters. The number of amidine groups is 1. The maximum atomic E-state index is 12.9. The van der Waals surface area contributed by atoms with Crippen molar-refractivity contribution in [3.05, 3.63) is 17.8 Å². The summed E-state index contributed by atoms with van der Waals surface area (Å²) in [5, 5.41) is 9.73. The number of hydrogen-bond donors (Lipinski definition) is 2. The van der Waals surface area contributed by atoms with Gasteiger partial charge in [-0.2, -0.15) is 13.2 Å². The summed E-state index contributed by atoms with van der Waals surface area (Å²) >= 11 is 0. The molecule has 1 aliphatic heterocycles. The molecule has 2 rings (SSSR count). The lowest BCUT2D eigenvalue weighted by molar-refractivity contribution is -0.177. The Labute approximate surface area is 118 Å². The Kier molecular flexibility index (Phi) is 4.19. The third kappa shape index (κ3) is 3.34. The molecule has 1 fully saturated rings. The fourth-order valence-electron chi connectivity index (χ4n) is 2.02. The molecule has 0 aromatic carbocycles. The van der Waals surface area contributed by atoms with Crippen LogP contribution in [0.4, 0.5) is 13.2 Å². The van der Waals surface area contributed by atoms with Gasteiger partial charge in [0.1, 0.15) is 12.3 Å². The van der Waals surface area contributed by atoms with E-state index in [1.807, 2.05) is 6.92 Å². The van der Waals surface area contributed by atoms with Crippen LogP contribution in [-0.2, 0) is 4.74 Å². The van der Waals surface area contributed by atoms with Gasteiger partial charge in [0, 0.05) is 6.42 Å². The predicted octanol–water partition coefficient (Wildman–Crippen LogP) is 2.43. The molecule has 0 saturated carbocycles. The van der Waals surface area contributed by atoms with E-state index in [0.717, 1.165) is 6.26 Å². The Hall–Kier alpha value is -2.06. The third-order valence-corrected chi connectivity index (χ3v) is 3.01. The largest absolute Gasteiger partial charge is 0.461 e. The van der Waals surface area contributed by atoms with Crippen molar-refractivity contribution in [2.75, 3.05) is 6.61 Å². The van der Waals surface area contributed by atoms with Gasteiger partial charge in [-0.1, -0.05) is 6.92 Å². The van der Waals surface area contributed by atoms with Gasteiger partial charge in [0.25, 0.3) is 0 Å². The highest BCUT2D eigenvalue weighted by molar-refractivity contribution is 5.87. The minimum atomic E-state index is -4.49. The number of rotatable bonds is 4. The standard InChI is InChI=1S/C12H14F3N3O3/c1-2-3-20-11(19)7-5-21-10(17-7)9-6(12(13,14)15)4-8(16)18-9/h5-6,9H,2-4H2,1H3,(H2,16,18). The number of aromatic nitrogens is 1. The average molecular weight is 305 g/mol.